The Balaban J connectivity index is 1.95. The molecule has 2 aliphatic rings. The number of hydrogen-bond acceptors (Lipinski definition) is 3. The van der Waals surface area contributed by atoms with Crippen LogP contribution in [0.1, 0.15) is 26.2 Å². The van der Waals surface area contributed by atoms with Crippen molar-refractivity contribution < 1.29 is 19.5 Å². The van der Waals surface area contributed by atoms with Gasteiger partial charge in [-0.2, -0.15) is 0 Å². The van der Waals surface area contributed by atoms with Crippen molar-refractivity contribution in [3.05, 3.63) is 0 Å². The number of aliphatic carboxylic acids is 1. The molecule has 6 heteroatoms. The quantitative estimate of drug-likeness (QED) is 0.646. The smallest absolute Gasteiger partial charge is 0.307 e. The van der Waals surface area contributed by atoms with Crippen molar-refractivity contribution in [2.75, 3.05) is 6.54 Å². The molecule has 0 bridgehead atoms. The Morgan fingerprint density at radius 3 is 2.56 bits per heavy atom. The molecule has 6 nitrogen and oxygen atoms in total. The molecular weight excluding hydrogens is 236 g/mol. The number of amides is 2. The van der Waals surface area contributed by atoms with Crippen LogP contribution in [0.15, 0.2) is 0 Å². The second kappa shape index (κ2) is 4.96. The molecular formula is C12H18N2O4. The lowest BCUT2D eigenvalue weighted by molar-refractivity contribution is -0.146. The molecule has 0 spiro atoms. The van der Waals surface area contributed by atoms with E-state index in [1.165, 1.54) is 0 Å². The highest BCUT2D eigenvalue weighted by Crippen LogP contribution is 2.36. The number of hydrogen-bond donors (Lipinski definition) is 3. The van der Waals surface area contributed by atoms with E-state index in [0.29, 0.717) is 19.4 Å². The summed E-state index contributed by atoms with van der Waals surface area (Å²) in [4.78, 5) is 34.2. The molecule has 0 radical (unpaired) electrons. The number of carbonyl (C=O) groups excluding carboxylic acids is 2. The fourth-order valence-electron chi connectivity index (χ4n) is 2.87. The lowest BCUT2D eigenvalue weighted by atomic mass is 9.95. The van der Waals surface area contributed by atoms with Gasteiger partial charge in [-0.1, -0.05) is 6.92 Å². The van der Waals surface area contributed by atoms with E-state index in [1.807, 2.05) is 6.92 Å². The largest absolute Gasteiger partial charge is 0.481 e. The van der Waals surface area contributed by atoms with E-state index in [1.54, 1.807) is 0 Å². The van der Waals surface area contributed by atoms with E-state index in [-0.39, 0.29) is 30.2 Å². The highest BCUT2D eigenvalue weighted by Gasteiger charge is 2.41. The number of carboxylic acids is 1. The first-order valence-electron chi connectivity index (χ1n) is 6.27. The van der Waals surface area contributed by atoms with E-state index in [2.05, 4.69) is 10.6 Å². The minimum Gasteiger partial charge on any atom is -0.481 e. The van der Waals surface area contributed by atoms with Crippen molar-refractivity contribution >= 4 is 17.8 Å². The first-order valence-corrected chi connectivity index (χ1v) is 6.27. The molecule has 3 N–H and O–H groups in total. The molecule has 2 rings (SSSR count). The van der Waals surface area contributed by atoms with E-state index in [0.717, 1.165) is 0 Å². The van der Waals surface area contributed by atoms with Crippen molar-refractivity contribution in [3.8, 4) is 0 Å². The fraction of sp³-hybridized carbons (Fsp3) is 0.750. The average Bonchev–Trinajstić information content (AvgIpc) is 2.85. The summed E-state index contributed by atoms with van der Waals surface area (Å²) in [6.07, 6.45) is 1.44. The zero-order valence-electron chi connectivity index (χ0n) is 10.3. The Morgan fingerprint density at radius 1 is 1.33 bits per heavy atom. The van der Waals surface area contributed by atoms with E-state index < -0.39 is 17.8 Å². The minimum atomic E-state index is -0.903. The molecule has 1 aliphatic heterocycles. The van der Waals surface area contributed by atoms with E-state index in [4.69, 9.17) is 5.11 Å². The van der Waals surface area contributed by atoms with Crippen LogP contribution in [-0.2, 0) is 14.4 Å². The standard InChI is InChI=1S/C12H18N2O4/c1-6-2-8(9(3-6)12(17)18)11(16)14-7-4-10(15)13-5-7/h6-9H,2-5H2,1H3,(H,13,15)(H,14,16)(H,17,18)/t6?,7?,8-,9+/m0/s1. The van der Waals surface area contributed by atoms with E-state index in [9.17, 15) is 14.4 Å². The Bertz CT molecular complexity index is 382. The summed E-state index contributed by atoms with van der Waals surface area (Å²) in [5.74, 6) is -2.01. The molecule has 4 atom stereocenters. The predicted molar refractivity (Wildman–Crippen MR) is 62.6 cm³/mol. The normalized spacial score (nSPS) is 35.3. The summed E-state index contributed by atoms with van der Waals surface area (Å²) >= 11 is 0. The molecule has 2 unspecified atom stereocenters. The van der Waals surface area contributed by atoms with Crippen LogP contribution in [0.3, 0.4) is 0 Å². The third-order valence-corrected chi connectivity index (χ3v) is 3.78. The van der Waals surface area contributed by atoms with Gasteiger partial charge in [-0.05, 0) is 18.8 Å². The molecule has 1 saturated carbocycles. The Morgan fingerprint density at radius 2 is 2.00 bits per heavy atom. The second-order valence-electron chi connectivity index (χ2n) is 5.34. The van der Waals surface area contributed by atoms with Gasteiger partial charge in [0.05, 0.1) is 17.9 Å². The van der Waals surface area contributed by atoms with E-state index >= 15 is 0 Å². The molecule has 2 fully saturated rings. The maximum atomic E-state index is 12.1. The van der Waals surface area contributed by atoms with Gasteiger partial charge < -0.3 is 15.7 Å². The van der Waals surface area contributed by atoms with Gasteiger partial charge in [0.2, 0.25) is 11.8 Å². The highest BCUT2D eigenvalue weighted by atomic mass is 16.4. The summed E-state index contributed by atoms with van der Waals surface area (Å²) in [7, 11) is 0. The number of nitrogens with one attached hydrogen (secondary N) is 2. The van der Waals surface area contributed by atoms with Crippen LogP contribution in [0.25, 0.3) is 0 Å². The van der Waals surface area contributed by atoms with Crippen molar-refractivity contribution in [1.29, 1.82) is 0 Å². The Kier molecular flexibility index (Phi) is 3.54. The van der Waals surface area contributed by atoms with Gasteiger partial charge in [0.15, 0.2) is 0 Å². The fourth-order valence-corrected chi connectivity index (χ4v) is 2.87. The van der Waals surface area contributed by atoms with Crippen LogP contribution in [0.5, 0.6) is 0 Å². The number of carbonyl (C=O) groups is 3. The van der Waals surface area contributed by atoms with Crippen LogP contribution in [0, 0.1) is 17.8 Å². The zero-order valence-corrected chi connectivity index (χ0v) is 10.3. The SMILES string of the molecule is CC1C[C@H](C(=O)NC2CNC(=O)C2)[C@H](C(=O)O)C1. The zero-order chi connectivity index (χ0) is 13.3. The maximum Gasteiger partial charge on any atom is 0.307 e. The molecule has 0 aromatic rings. The van der Waals surface area contributed by atoms with Gasteiger partial charge >= 0.3 is 5.97 Å². The number of rotatable bonds is 3. The first kappa shape index (κ1) is 12.9. The first-order chi connectivity index (χ1) is 8.47. The Labute approximate surface area is 105 Å². The Hall–Kier alpha value is -1.59. The third kappa shape index (κ3) is 2.63. The summed E-state index contributed by atoms with van der Waals surface area (Å²) < 4.78 is 0. The lowest BCUT2D eigenvalue weighted by Crippen LogP contribution is -2.42. The molecule has 2 amide bonds. The summed E-state index contributed by atoms with van der Waals surface area (Å²) in [6, 6.07) is -0.199. The van der Waals surface area contributed by atoms with Crippen molar-refractivity contribution in [1.82, 2.24) is 10.6 Å². The molecule has 1 heterocycles. The van der Waals surface area contributed by atoms with Gasteiger partial charge in [-0.25, -0.2) is 0 Å². The van der Waals surface area contributed by atoms with Gasteiger partial charge in [0.25, 0.3) is 0 Å². The van der Waals surface area contributed by atoms with Crippen LogP contribution < -0.4 is 10.6 Å². The van der Waals surface area contributed by atoms with Gasteiger partial charge in [-0.15, -0.1) is 0 Å². The molecule has 0 aromatic carbocycles. The molecule has 1 saturated heterocycles. The van der Waals surface area contributed by atoms with Crippen LogP contribution in [-0.4, -0.2) is 35.5 Å². The van der Waals surface area contributed by atoms with Gasteiger partial charge in [-0.3, -0.25) is 14.4 Å². The third-order valence-electron chi connectivity index (χ3n) is 3.78. The minimum absolute atomic E-state index is 0.0742. The van der Waals surface area contributed by atoms with Gasteiger partial charge in [0, 0.05) is 13.0 Å². The van der Waals surface area contributed by atoms with Crippen LogP contribution >= 0.6 is 0 Å². The maximum absolute atomic E-state index is 12.1. The molecule has 18 heavy (non-hydrogen) atoms. The summed E-state index contributed by atoms with van der Waals surface area (Å²) in [6.45, 7) is 2.40. The average molecular weight is 254 g/mol. The van der Waals surface area contributed by atoms with Crippen molar-refractivity contribution in [3.63, 3.8) is 0 Å². The van der Waals surface area contributed by atoms with Crippen molar-refractivity contribution in [2.45, 2.75) is 32.2 Å². The lowest BCUT2D eigenvalue weighted by Gasteiger charge is -2.18. The highest BCUT2D eigenvalue weighted by molar-refractivity contribution is 5.87. The topological polar surface area (TPSA) is 95.5 Å². The van der Waals surface area contributed by atoms with Gasteiger partial charge in [0.1, 0.15) is 0 Å². The molecule has 0 aromatic heterocycles. The second-order valence-corrected chi connectivity index (χ2v) is 5.34. The monoisotopic (exact) mass is 254 g/mol. The number of carboxylic acid groups (broad SMARTS) is 1. The molecule has 1 aliphatic carbocycles. The summed E-state index contributed by atoms with van der Waals surface area (Å²) in [5.41, 5.74) is 0. The predicted octanol–water partition coefficient (Wildman–Crippen LogP) is -0.262. The summed E-state index contributed by atoms with van der Waals surface area (Å²) in [5, 5.41) is 14.5. The van der Waals surface area contributed by atoms with Crippen LogP contribution in [0.2, 0.25) is 0 Å². The van der Waals surface area contributed by atoms with Crippen molar-refractivity contribution in [2.24, 2.45) is 17.8 Å². The van der Waals surface area contributed by atoms with Crippen LogP contribution in [0.4, 0.5) is 0 Å². The molecule has 100 valence electrons.